The van der Waals surface area contributed by atoms with Crippen molar-refractivity contribution in [1.82, 2.24) is 15.3 Å². The quantitative estimate of drug-likeness (QED) is 0.200. The van der Waals surface area contributed by atoms with Crippen molar-refractivity contribution in [3.8, 4) is 17.2 Å². The molecule has 4 aromatic rings. The third-order valence-corrected chi connectivity index (χ3v) is 8.33. The first kappa shape index (κ1) is 27.0. The number of para-hydroxylation sites is 1. The molecule has 1 saturated heterocycles. The minimum atomic E-state index is -4.50. The Morgan fingerprint density at radius 1 is 1.18 bits per heavy atom. The average molecular weight is 570 g/mol. The fourth-order valence-electron chi connectivity index (χ4n) is 4.40. The lowest BCUT2D eigenvalue weighted by atomic mass is 9.95. The van der Waals surface area contributed by atoms with Crippen molar-refractivity contribution in [2.75, 3.05) is 19.7 Å². The second-order valence-corrected chi connectivity index (χ2v) is 11.2. The molecule has 4 N–H and O–H groups in total. The molecule has 0 bridgehead atoms. The van der Waals surface area contributed by atoms with E-state index in [0.29, 0.717) is 24.1 Å². The number of benzene rings is 2. The van der Waals surface area contributed by atoms with Crippen molar-refractivity contribution < 1.29 is 32.0 Å². The van der Waals surface area contributed by atoms with Crippen LogP contribution in [-0.4, -0.2) is 54.6 Å². The van der Waals surface area contributed by atoms with Gasteiger partial charge in [0.05, 0.1) is 21.6 Å². The number of alkyl halides is 1. The Morgan fingerprint density at radius 3 is 2.67 bits per heavy atom. The summed E-state index contributed by atoms with van der Waals surface area (Å²) in [7, 11) is -4.50. The van der Waals surface area contributed by atoms with Crippen molar-refractivity contribution in [3.05, 3.63) is 76.6 Å². The number of nitrogens with zero attached hydrogens (tertiary/aromatic N) is 2. The Balaban J connectivity index is 1.52. The molecule has 3 heterocycles. The molecule has 208 valence electrons. The van der Waals surface area contributed by atoms with Crippen LogP contribution in [0.25, 0.3) is 11.0 Å². The summed E-state index contributed by atoms with van der Waals surface area (Å²) in [5.41, 5.74) is 3.53. The minimum Gasteiger partial charge on any atom is -0.483 e. The van der Waals surface area contributed by atoms with Crippen LogP contribution in [0.1, 0.15) is 23.2 Å². The van der Waals surface area contributed by atoms with Crippen LogP contribution in [0, 0.1) is 10.1 Å². The number of rotatable bonds is 9. The standard InChI is InChI=1S/C26H24FN5O7S/c27-26(7-10-29-11-8-26)15-38-21-5-4-18(13-20(21)32(34)35)40(36,37)22-3-1-2-19(24(28)33)23(22)39-17-12-16-6-9-30-25(16)31-14-17/h1-6,9,12-14,29H,7-8,10-11,15H2,(H2,28,33)(H,30,31). The molecule has 1 fully saturated rings. The molecule has 1 aliphatic rings. The summed E-state index contributed by atoms with van der Waals surface area (Å²) in [6.07, 6.45) is 3.36. The average Bonchev–Trinajstić information content (AvgIpc) is 3.40. The first-order valence-corrected chi connectivity index (χ1v) is 13.7. The molecule has 12 nitrogen and oxygen atoms in total. The topological polar surface area (TPSA) is 180 Å². The number of halogens is 1. The Kier molecular flexibility index (Phi) is 7.12. The number of aromatic amines is 1. The van der Waals surface area contributed by atoms with Gasteiger partial charge in [-0.05, 0) is 62.3 Å². The predicted molar refractivity (Wildman–Crippen MR) is 141 cm³/mol. The number of fused-ring (bicyclic) bond motifs is 1. The Morgan fingerprint density at radius 2 is 1.95 bits per heavy atom. The van der Waals surface area contributed by atoms with Gasteiger partial charge in [-0.2, -0.15) is 0 Å². The summed E-state index contributed by atoms with van der Waals surface area (Å²) in [6.45, 7) is 0.478. The molecule has 1 amide bonds. The highest BCUT2D eigenvalue weighted by atomic mass is 32.2. The van der Waals surface area contributed by atoms with Crippen molar-refractivity contribution in [2.24, 2.45) is 5.73 Å². The molecule has 0 unspecified atom stereocenters. The number of hydrogen-bond acceptors (Lipinski definition) is 9. The fourth-order valence-corrected chi connectivity index (χ4v) is 5.82. The fraction of sp³-hybridized carbons (Fsp3) is 0.231. The van der Waals surface area contributed by atoms with Crippen molar-refractivity contribution in [2.45, 2.75) is 28.3 Å². The monoisotopic (exact) mass is 569 g/mol. The molecular weight excluding hydrogens is 545 g/mol. The van der Waals surface area contributed by atoms with Gasteiger partial charge in [-0.3, -0.25) is 14.9 Å². The minimum absolute atomic E-state index is 0.130. The van der Waals surface area contributed by atoms with Crippen LogP contribution >= 0.6 is 0 Å². The second-order valence-electron chi connectivity index (χ2n) is 9.27. The molecule has 0 atom stereocenters. The summed E-state index contributed by atoms with van der Waals surface area (Å²) < 4.78 is 53.8. The van der Waals surface area contributed by atoms with Crippen LogP contribution in [0.15, 0.2) is 70.7 Å². The van der Waals surface area contributed by atoms with Gasteiger partial charge in [0.25, 0.3) is 5.91 Å². The highest BCUT2D eigenvalue weighted by Gasteiger charge is 2.34. The molecule has 40 heavy (non-hydrogen) atoms. The van der Waals surface area contributed by atoms with E-state index < -0.39 is 48.4 Å². The first-order chi connectivity index (χ1) is 19.1. The number of carbonyl (C=O) groups excluding carboxylic acids is 1. The van der Waals surface area contributed by atoms with Gasteiger partial charge in [-0.25, -0.2) is 17.8 Å². The SMILES string of the molecule is NC(=O)c1cccc(S(=O)(=O)c2ccc(OCC3(F)CCNCC3)c([N+](=O)[O-])c2)c1Oc1cnc2[nH]ccc2c1. The van der Waals surface area contributed by atoms with Gasteiger partial charge in [-0.1, -0.05) is 6.07 Å². The molecule has 0 radical (unpaired) electrons. The maximum Gasteiger partial charge on any atom is 0.312 e. The normalized spacial score (nSPS) is 15.0. The molecular formula is C26H24FN5O7S. The lowest BCUT2D eigenvalue weighted by Gasteiger charge is -2.29. The van der Waals surface area contributed by atoms with Crippen LogP contribution < -0.4 is 20.5 Å². The summed E-state index contributed by atoms with van der Waals surface area (Å²) in [5, 5.41) is 15.5. The maximum atomic E-state index is 15.0. The molecule has 14 heteroatoms. The van der Waals surface area contributed by atoms with Crippen LogP contribution in [-0.2, 0) is 9.84 Å². The highest BCUT2D eigenvalue weighted by Crippen LogP contribution is 2.39. The largest absolute Gasteiger partial charge is 0.483 e. The number of ether oxygens (including phenoxy) is 2. The molecule has 5 rings (SSSR count). The van der Waals surface area contributed by atoms with E-state index in [1.165, 1.54) is 24.4 Å². The molecule has 2 aromatic carbocycles. The Bertz CT molecular complexity index is 1720. The number of hydrogen-bond donors (Lipinski definition) is 3. The van der Waals surface area contributed by atoms with E-state index in [1.807, 2.05) is 0 Å². The number of piperidine rings is 1. The smallest absolute Gasteiger partial charge is 0.312 e. The number of sulfone groups is 1. The Hall–Kier alpha value is -4.56. The number of carbonyl (C=O) groups is 1. The van der Waals surface area contributed by atoms with Gasteiger partial charge in [0, 0.05) is 17.6 Å². The number of nitro benzene ring substituents is 1. The molecule has 0 spiro atoms. The zero-order chi connectivity index (χ0) is 28.5. The van der Waals surface area contributed by atoms with Crippen LogP contribution in [0.2, 0.25) is 0 Å². The summed E-state index contributed by atoms with van der Waals surface area (Å²) in [4.78, 5) is 29.4. The number of nitro groups is 1. The lowest BCUT2D eigenvalue weighted by molar-refractivity contribution is -0.386. The zero-order valence-corrected chi connectivity index (χ0v) is 21.7. The summed E-state index contributed by atoms with van der Waals surface area (Å²) in [6, 6.07) is 10.2. The number of primary amides is 1. The number of nitrogens with two attached hydrogens (primary N) is 1. The van der Waals surface area contributed by atoms with E-state index in [-0.39, 0.29) is 35.7 Å². The van der Waals surface area contributed by atoms with E-state index in [2.05, 4.69) is 15.3 Å². The zero-order valence-electron chi connectivity index (χ0n) is 20.9. The van der Waals surface area contributed by atoms with Gasteiger partial charge in [0.2, 0.25) is 9.84 Å². The third kappa shape index (κ3) is 5.31. The number of pyridine rings is 1. The van der Waals surface area contributed by atoms with Gasteiger partial charge in [0.1, 0.15) is 28.6 Å². The number of nitrogens with one attached hydrogen (secondary N) is 2. The van der Waals surface area contributed by atoms with Gasteiger partial charge >= 0.3 is 5.69 Å². The van der Waals surface area contributed by atoms with Gasteiger partial charge in [-0.15, -0.1) is 0 Å². The summed E-state index contributed by atoms with van der Waals surface area (Å²) >= 11 is 0. The van der Waals surface area contributed by atoms with Crippen LogP contribution in [0.4, 0.5) is 10.1 Å². The lowest BCUT2D eigenvalue weighted by Crippen LogP contribution is -2.42. The summed E-state index contributed by atoms with van der Waals surface area (Å²) in [5.74, 6) is -1.45. The van der Waals surface area contributed by atoms with Gasteiger partial charge < -0.3 is 25.5 Å². The van der Waals surface area contributed by atoms with E-state index in [1.54, 1.807) is 18.3 Å². The second kappa shape index (κ2) is 10.5. The van der Waals surface area contributed by atoms with Crippen LogP contribution in [0.5, 0.6) is 17.2 Å². The van der Waals surface area contributed by atoms with Gasteiger partial charge in [0.15, 0.2) is 11.5 Å². The van der Waals surface area contributed by atoms with Crippen LogP contribution in [0.3, 0.4) is 0 Å². The third-order valence-electron chi connectivity index (χ3n) is 6.55. The molecule has 2 aromatic heterocycles. The number of amides is 1. The predicted octanol–water partition coefficient (Wildman–Crippen LogP) is 3.67. The molecule has 0 saturated carbocycles. The maximum absolute atomic E-state index is 15.0. The molecule has 0 aliphatic carbocycles. The van der Waals surface area contributed by atoms with E-state index >= 15 is 0 Å². The van der Waals surface area contributed by atoms with Crippen molar-refractivity contribution >= 4 is 32.5 Å². The Labute approximate surface area is 227 Å². The van der Waals surface area contributed by atoms with E-state index in [0.717, 1.165) is 18.2 Å². The number of H-pyrrole nitrogens is 1. The highest BCUT2D eigenvalue weighted by molar-refractivity contribution is 7.91. The van der Waals surface area contributed by atoms with E-state index in [4.69, 9.17) is 15.2 Å². The molecule has 1 aliphatic heterocycles. The van der Waals surface area contributed by atoms with Crippen molar-refractivity contribution in [3.63, 3.8) is 0 Å². The first-order valence-electron chi connectivity index (χ1n) is 12.2. The van der Waals surface area contributed by atoms with E-state index in [9.17, 15) is 27.7 Å². The van der Waals surface area contributed by atoms with Crippen molar-refractivity contribution in [1.29, 1.82) is 0 Å². The number of aromatic nitrogens is 2.